The van der Waals surface area contributed by atoms with E-state index in [4.69, 9.17) is 9.47 Å². The summed E-state index contributed by atoms with van der Waals surface area (Å²) in [4.78, 5) is 31.5. The molecule has 1 aliphatic carbocycles. The average molecular weight is 350 g/mol. The molecule has 25 heavy (non-hydrogen) atoms. The van der Waals surface area contributed by atoms with E-state index >= 15 is 0 Å². The molecule has 8 heteroatoms. The van der Waals surface area contributed by atoms with Gasteiger partial charge in [-0.05, 0) is 12.8 Å². The van der Waals surface area contributed by atoms with Crippen molar-refractivity contribution in [2.24, 2.45) is 0 Å². The predicted octanol–water partition coefficient (Wildman–Crippen LogP) is 0.285. The molecule has 1 aromatic heterocycles. The Bertz CT molecular complexity index is 649. The third kappa shape index (κ3) is 4.58. The standard InChI is InChI=1S/C17H26N4O4/c1-24-12-14-10-16(23)21(11-15(22)18-13-4-2-3-5-13)17(19-14)20-6-8-25-9-7-20/h10,13H,2-9,11-12H2,1H3,(H,18,22). The molecule has 3 rings (SSSR count). The van der Waals surface area contributed by atoms with Crippen LogP contribution >= 0.6 is 0 Å². The zero-order valence-electron chi connectivity index (χ0n) is 14.7. The van der Waals surface area contributed by atoms with E-state index in [2.05, 4.69) is 10.3 Å². The Morgan fingerprint density at radius 2 is 2.08 bits per heavy atom. The van der Waals surface area contributed by atoms with Crippen molar-refractivity contribution in [1.29, 1.82) is 0 Å². The Labute approximate surface area is 147 Å². The van der Waals surface area contributed by atoms with Gasteiger partial charge < -0.3 is 19.7 Å². The first-order valence-electron chi connectivity index (χ1n) is 8.89. The molecule has 8 nitrogen and oxygen atoms in total. The Balaban J connectivity index is 1.82. The van der Waals surface area contributed by atoms with Gasteiger partial charge in [-0.25, -0.2) is 4.98 Å². The van der Waals surface area contributed by atoms with Gasteiger partial charge in [0.1, 0.15) is 6.54 Å². The number of carbonyl (C=O) groups excluding carboxylic acids is 1. The number of methoxy groups -OCH3 is 1. The number of hydrogen-bond acceptors (Lipinski definition) is 6. The normalized spacial score (nSPS) is 18.5. The fraction of sp³-hybridized carbons (Fsp3) is 0.706. The summed E-state index contributed by atoms with van der Waals surface area (Å²) in [6.07, 6.45) is 4.33. The molecule has 0 atom stereocenters. The van der Waals surface area contributed by atoms with Crippen LogP contribution < -0.4 is 15.8 Å². The van der Waals surface area contributed by atoms with E-state index in [1.807, 2.05) is 4.90 Å². The average Bonchev–Trinajstić information content (AvgIpc) is 3.11. The molecule has 0 bridgehead atoms. The fourth-order valence-corrected chi connectivity index (χ4v) is 3.40. The lowest BCUT2D eigenvalue weighted by atomic mass is 10.2. The number of nitrogens with zero attached hydrogens (tertiary/aromatic N) is 3. The summed E-state index contributed by atoms with van der Waals surface area (Å²) in [6.45, 7) is 2.71. The minimum absolute atomic E-state index is 0.0116. The first-order chi connectivity index (χ1) is 12.2. The molecule has 2 heterocycles. The van der Waals surface area contributed by atoms with Gasteiger partial charge in [0, 0.05) is 32.3 Å². The van der Waals surface area contributed by atoms with E-state index < -0.39 is 0 Å². The Hall–Kier alpha value is -1.93. The van der Waals surface area contributed by atoms with Gasteiger partial charge >= 0.3 is 0 Å². The number of aromatic nitrogens is 2. The van der Waals surface area contributed by atoms with Crippen LogP contribution in [0.2, 0.25) is 0 Å². The third-order valence-electron chi connectivity index (χ3n) is 4.65. The van der Waals surface area contributed by atoms with Crippen molar-refractivity contribution in [1.82, 2.24) is 14.9 Å². The van der Waals surface area contributed by atoms with Crippen LogP contribution in [-0.2, 0) is 27.4 Å². The molecule has 0 spiro atoms. The van der Waals surface area contributed by atoms with E-state index in [0.717, 1.165) is 25.7 Å². The van der Waals surface area contributed by atoms with Gasteiger partial charge in [0.2, 0.25) is 11.9 Å². The summed E-state index contributed by atoms with van der Waals surface area (Å²) in [5.74, 6) is 0.384. The maximum absolute atomic E-state index is 12.6. The van der Waals surface area contributed by atoms with Gasteiger partial charge in [-0.3, -0.25) is 14.2 Å². The minimum Gasteiger partial charge on any atom is -0.378 e. The van der Waals surface area contributed by atoms with Crippen molar-refractivity contribution in [3.8, 4) is 0 Å². The van der Waals surface area contributed by atoms with E-state index in [1.54, 1.807) is 7.11 Å². The van der Waals surface area contributed by atoms with Gasteiger partial charge in [0.15, 0.2) is 0 Å². The number of carbonyl (C=O) groups is 1. The van der Waals surface area contributed by atoms with Crippen LogP contribution in [-0.4, -0.2) is 54.9 Å². The number of anilines is 1. The van der Waals surface area contributed by atoms with Crippen LogP contribution in [0.1, 0.15) is 31.4 Å². The molecular formula is C17H26N4O4. The molecule has 2 fully saturated rings. The van der Waals surface area contributed by atoms with Crippen molar-refractivity contribution < 1.29 is 14.3 Å². The highest BCUT2D eigenvalue weighted by Gasteiger charge is 2.22. The van der Waals surface area contributed by atoms with Crippen LogP contribution in [0.5, 0.6) is 0 Å². The van der Waals surface area contributed by atoms with E-state index in [9.17, 15) is 9.59 Å². The molecule has 1 aromatic rings. The number of hydrogen-bond donors (Lipinski definition) is 1. The molecule has 0 aromatic carbocycles. The van der Waals surface area contributed by atoms with E-state index in [-0.39, 0.29) is 30.7 Å². The highest BCUT2D eigenvalue weighted by atomic mass is 16.5. The Kier molecular flexibility index (Phi) is 6.04. The molecule has 1 saturated heterocycles. The highest BCUT2D eigenvalue weighted by Crippen LogP contribution is 2.18. The number of nitrogens with one attached hydrogen (secondary N) is 1. The second kappa shape index (κ2) is 8.44. The second-order valence-electron chi connectivity index (χ2n) is 6.55. The Morgan fingerprint density at radius 3 is 2.76 bits per heavy atom. The van der Waals surface area contributed by atoms with Crippen molar-refractivity contribution in [2.75, 3.05) is 38.3 Å². The zero-order valence-corrected chi connectivity index (χ0v) is 14.7. The molecule has 0 unspecified atom stereocenters. The number of morpholine rings is 1. The molecule has 0 radical (unpaired) electrons. The molecule has 138 valence electrons. The van der Waals surface area contributed by atoms with Crippen molar-refractivity contribution in [3.63, 3.8) is 0 Å². The monoisotopic (exact) mass is 350 g/mol. The van der Waals surface area contributed by atoms with Gasteiger partial charge in [0.25, 0.3) is 5.56 Å². The van der Waals surface area contributed by atoms with Gasteiger partial charge in [-0.1, -0.05) is 12.8 Å². The van der Waals surface area contributed by atoms with Crippen LogP contribution in [0.25, 0.3) is 0 Å². The third-order valence-corrected chi connectivity index (χ3v) is 4.65. The smallest absolute Gasteiger partial charge is 0.255 e. The number of amides is 1. The van der Waals surface area contributed by atoms with Crippen molar-refractivity contribution >= 4 is 11.9 Å². The number of ether oxygens (including phenoxy) is 2. The lowest BCUT2D eigenvalue weighted by Crippen LogP contribution is -2.43. The molecule has 2 aliphatic rings. The highest BCUT2D eigenvalue weighted by molar-refractivity contribution is 5.76. The first kappa shape index (κ1) is 17.9. The van der Waals surface area contributed by atoms with Crippen molar-refractivity contribution in [2.45, 2.75) is 44.9 Å². The van der Waals surface area contributed by atoms with Gasteiger partial charge in [0.05, 0.1) is 25.5 Å². The summed E-state index contributed by atoms with van der Waals surface area (Å²) >= 11 is 0. The van der Waals surface area contributed by atoms with Crippen LogP contribution in [0, 0.1) is 0 Å². The SMILES string of the molecule is COCc1cc(=O)n(CC(=O)NC2CCCC2)c(N2CCOCC2)n1. The maximum Gasteiger partial charge on any atom is 0.255 e. The van der Waals surface area contributed by atoms with Crippen molar-refractivity contribution in [3.05, 3.63) is 22.1 Å². The zero-order chi connectivity index (χ0) is 17.6. The van der Waals surface area contributed by atoms with Crippen LogP contribution in [0.15, 0.2) is 10.9 Å². The molecule has 1 saturated carbocycles. The number of rotatable bonds is 6. The summed E-state index contributed by atoms with van der Waals surface area (Å²) in [5.41, 5.74) is 0.339. The first-order valence-corrected chi connectivity index (χ1v) is 8.89. The largest absolute Gasteiger partial charge is 0.378 e. The van der Waals surface area contributed by atoms with Gasteiger partial charge in [-0.2, -0.15) is 0 Å². The van der Waals surface area contributed by atoms with Crippen LogP contribution in [0.3, 0.4) is 0 Å². The van der Waals surface area contributed by atoms with Crippen LogP contribution in [0.4, 0.5) is 5.95 Å². The summed E-state index contributed by atoms with van der Waals surface area (Å²) in [5, 5.41) is 3.03. The van der Waals surface area contributed by atoms with Gasteiger partial charge in [-0.15, -0.1) is 0 Å². The maximum atomic E-state index is 12.6. The minimum atomic E-state index is -0.231. The topological polar surface area (TPSA) is 85.7 Å². The molecule has 1 N–H and O–H groups in total. The molecule has 1 aliphatic heterocycles. The quantitative estimate of drug-likeness (QED) is 0.793. The molecular weight excluding hydrogens is 324 g/mol. The lowest BCUT2D eigenvalue weighted by molar-refractivity contribution is -0.122. The lowest BCUT2D eigenvalue weighted by Gasteiger charge is -2.30. The summed E-state index contributed by atoms with van der Waals surface area (Å²) in [6, 6.07) is 1.67. The second-order valence-corrected chi connectivity index (χ2v) is 6.55. The fourth-order valence-electron chi connectivity index (χ4n) is 3.40. The molecule has 1 amide bonds. The summed E-state index contributed by atoms with van der Waals surface area (Å²) < 4.78 is 11.9. The van der Waals surface area contributed by atoms with E-state index in [0.29, 0.717) is 37.9 Å². The summed E-state index contributed by atoms with van der Waals surface area (Å²) in [7, 11) is 1.57. The Morgan fingerprint density at radius 1 is 1.36 bits per heavy atom. The van der Waals surface area contributed by atoms with E-state index in [1.165, 1.54) is 10.6 Å². The predicted molar refractivity (Wildman–Crippen MR) is 92.6 cm³/mol.